The molecule has 0 radical (unpaired) electrons. The van der Waals surface area contributed by atoms with Crippen LogP contribution in [0.25, 0.3) is 0 Å². The van der Waals surface area contributed by atoms with Crippen LogP contribution in [0.3, 0.4) is 0 Å². The molecule has 12 heavy (non-hydrogen) atoms. The van der Waals surface area contributed by atoms with Crippen LogP contribution in [0.5, 0.6) is 0 Å². The average Bonchev–Trinajstić information content (AvgIpc) is 2.09. The van der Waals surface area contributed by atoms with Gasteiger partial charge in [-0.1, -0.05) is 19.9 Å². The Kier molecular flexibility index (Phi) is 2.74. The van der Waals surface area contributed by atoms with Crippen molar-refractivity contribution in [3.63, 3.8) is 0 Å². The van der Waals surface area contributed by atoms with Crippen LogP contribution >= 0.6 is 0 Å². The van der Waals surface area contributed by atoms with Gasteiger partial charge >= 0.3 is 0 Å². The Labute approximate surface area is 74.6 Å². The zero-order valence-corrected chi connectivity index (χ0v) is 8.15. The van der Waals surface area contributed by atoms with Crippen LogP contribution < -0.4 is 5.73 Å². The Morgan fingerprint density at radius 3 is 2.33 bits per heavy atom. The molecular formula is C11H17N. The summed E-state index contributed by atoms with van der Waals surface area (Å²) in [4.78, 5) is 0. The molecule has 0 saturated heterocycles. The van der Waals surface area contributed by atoms with Crippen LogP contribution in [-0.4, -0.2) is 0 Å². The minimum absolute atomic E-state index is 0.920. The first kappa shape index (κ1) is 9.11. The van der Waals surface area contributed by atoms with Gasteiger partial charge in [0.1, 0.15) is 0 Å². The van der Waals surface area contributed by atoms with Crippen molar-refractivity contribution in [2.24, 2.45) is 0 Å². The maximum absolute atomic E-state index is 5.82. The van der Waals surface area contributed by atoms with E-state index in [1.807, 2.05) is 6.07 Å². The monoisotopic (exact) mass is 163 g/mol. The summed E-state index contributed by atoms with van der Waals surface area (Å²) in [7, 11) is 0. The van der Waals surface area contributed by atoms with E-state index >= 15 is 0 Å². The highest BCUT2D eigenvalue weighted by Gasteiger charge is 2.04. The average molecular weight is 163 g/mol. The molecule has 0 aliphatic heterocycles. The quantitative estimate of drug-likeness (QED) is 0.666. The van der Waals surface area contributed by atoms with Crippen molar-refractivity contribution in [3.05, 3.63) is 28.8 Å². The molecule has 2 N–H and O–H groups in total. The Morgan fingerprint density at radius 2 is 1.83 bits per heavy atom. The molecule has 0 aliphatic carbocycles. The maximum Gasteiger partial charge on any atom is 0.0346 e. The lowest BCUT2D eigenvalue weighted by atomic mass is 9.97. The highest BCUT2D eigenvalue weighted by atomic mass is 14.6. The van der Waals surface area contributed by atoms with Gasteiger partial charge in [-0.3, -0.25) is 0 Å². The van der Waals surface area contributed by atoms with Gasteiger partial charge in [0.25, 0.3) is 0 Å². The molecule has 0 aromatic heterocycles. The van der Waals surface area contributed by atoms with E-state index in [-0.39, 0.29) is 0 Å². The number of aryl methyl sites for hydroxylation is 1. The molecule has 1 nitrogen and oxygen atoms in total. The van der Waals surface area contributed by atoms with Crippen molar-refractivity contribution < 1.29 is 0 Å². The number of rotatable bonds is 2. The minimum Gasteiger partial charge on any atom is -0.399 e. The third-order valence-electron chi connectivity index (χ3n) is 2.47. The Hall–Kier alpha value is -0.980. The summed E-state index contributed by atoms with van der Waals surface area (Å²) in [6, 6.07) is 4.15. The molecule has 1 aromatic rings. The third-order valence-corrected chi connectivity index (χ3v) is 2.47. The van der Waals surface area contributed by atoms with Gasteiger partial charge in [0, 0.05) is 5.69 Å². The molecule has 0 bridgehead atoms. The molecule has 1 heteroatoms. The van der Waals surface area contributed by atoms with Crippen LogP contribution in [0.1, 0.15) is 30.5 Å². The van der Waals surface area contributed by atoms with E-state index in [2.05, 4.69) is 26.8 Å². The zero-order chi connectivity index (χ0) is 9.14. The highest BCUT2D eigenvalue weighted by Crippen LogP contribution is 2.21. The Bertz CT molecular complexity index is 277. The summed E-state index contributed by atoms with van der Waals surface area (Å²) in [5.41, 5.74) is 10.9. The standard InChI is InChI=1S/C11H17N/c1-4-9-6-7-11(12)8(3)10(9)5-2/h6-7H,4-5,12H2,1-3H3. The molecule has 0 amide bonds. The van der Waals surface area contributed by atoms with Crippen molar-refractivity contribution in [2.75, 3.05) is 5.73 Å². The SMILES string of the molecule is CCc1ccc(N)c(C)c1CC. The maximum atomic E-state index is 5.82. The van der Waals surface area contributed by atoms with Gasteiger partial charge in [0.05, 0.1) is 0 Å². The first-order valence-electron chi connectivity index (χ1n) is 4.57. The lowest BCUT2D eigenvalue weighted by molar-refractivity contribution is 1.02. The van der Waals surface area contributed by atoms with E-state index in [0.29, 0.717) is 0 Å². The molecule has 0 saturated carbocycles. The van der Waals surface area contributed by atoms with Crippen molar-refractivity contribution in [1.82, 2.24) is 0 Å². The van der Waals surface area contributed by atoms with Gasteiger partial charge in [-0.2, -0.15) is 0 Å². The van der Waals surface area contributed by atoms with Crippen LogP contribution in [-0.2, 0) is 12.8 Å². The minimum atomic E-state index is 0.920. The number of hydrogen-bond donors (Lipinski definition) is 1. The van der Waals surface area contributed by atoms with Crippen LogP contribution in [0.15, 0.2) is 12.1 Å². The van der Waals surface area contributed by atoms with E-state index in [1.165, 1.54) is 16.7 Å². The number of nitrogen functional groups attached to an aromatic ring is 1. The summed E-state index contributed by atoms with van der Waals surface area (Å²) in [6.07, 6.45) is 2.18. The smallest absolute Gasteiger partial charge is 0.0346 e. The fourth-order valence-corrected chi connectivity index (χ4v) is 1.65. The fraction of sp³-hybridized carbons (Fsp3) is 0.455. The zero-order valence-electron chi connectivity index (χ0n) is 8.15. The fourth-order valence-electron chi connectivity index (χ4n) is 1.65. The first-order chi connectivity index (χ1) is 5.70. The third kappa shape index (κ3) is 1.45. The van der Waals surface area contributed by atoms with Crippen molar-refractivity contribution in [1.29, 1.82) is 0 Å². The molecule has 66 valence electrons. The molecule has 0 heterocycles. The highest BCUT2D eigenvalue weighted by molar-refractivity contribution is 5.53. The predicted molar refractivity (Wildman–Crippen MR) is 54.3 cm³/mol. The molecule has 1 rings (SSSR count). The molecule has 0 unspecified atom stereocenters. The summed E-state index contributed by atoms with van der Waals surface area (Å²) < 4.78 is 0. The summed E-state index contributed by atoms with van der Waals surface area (Å²) >= 11 is 0. The van der Waals surface area contributed by atoms with Gasteiger partial charge in [0.15, 0.2) is 0 Å². The molecule has 0 fully saturated rings. The molecule has 0 atom stereocenters. The Morgan fingerprint density at radius 1 is 1.17 bits per heavy atom. The van der Waals surface area contributed by atoms with Gasteiger partial charge in [-0.15, -0.1) is 0 Å². The summed E-state index contributed by atoms with van der Waals surface area (Å²) in [6.45, 7) is 6.47. The number of nitrogens with two attached hydrogens (primary N) is 1. The number of anilines is 1. The summed E-state index contributed by atoms with van der Waals surface area (Å²) in [5, 5.41) is 0. The van der Waals surface area contributed by atoms with Crippen LogP contribution in [0, 0.1) is 6.92 Å². The van der Waals surface area contributed by atoms with Crippen molar-refractivity contribution >= 4 is 5.69 Å². The van der Waals surface area contributed by atoms with E-state index in [0.717, 1.165) is 18.5 Å². The Balaban J connectivity index is 3.25. The predicted octanol–water partition coefficient (Wildman–Crippen LogP) is 2.70. The molecule has 0 aliphatic rings. The van der Waals surface area contributed by atoms with Crippen molar-refractivity contribution in [3.8, 4) is 0 Å². The first-order valence-corrected chi connectivity index (χ1v) is 4.57. The van der Waals surface area contributed by atoms with E-state index in [9.17, 15) is 0 Å². The molecule has 1 aromatic carbocycles. The summed E-state index contributed by atoms with van der Waals surface area (Å²) in [5.74, 6) is 0. The van der Waals surface area contributed by atoms with E-state index in [4.69, 9.17) is 5.73 Å². The lowest BCUT2D eigenvalue weighted by Gasteiger charge is -2.11. The van der Waals surface area contributed by atoms with Crippen LogP contribution in [0.4, 0.5) is 5.69 Å². The topological polar surface area (TPSA) is 26.0 Å². The normalized spacial score (nSPS) is 10.2. The van der Waals surface area contributed by atoms with Gasteiger partial charge < -0.3 is 5.73 Å². The second kappa shape index (κ2) is 3.61. The lowest BCUT2D eigenvalue weighted by Crippen LogP contribution is -1.99. The molecule has 0 spiro atoms. The van der Waals surface area contributed by atoms with E-state index < -0.39 is 0 Å². The second-order valence-corrected chi connectivity index (χ2v) is 3.12. The number of hydrogen-bond acceptors (Lipinski definition) is 1. The van der Waals surface area contributed by atoms with E-state index in [1.54, 1.807) is 0 Å². The van der Waals surface area contributed by atoms with Crippen LogP contribution in [0.2, 0.25) is 0 Å². The largest absolute Gasteiger partial charge is 0.399 e. The van der Waals surface area contributed by atoms with Gasteiger partial charge in [-0.05, 0) is 42.5 Å². The molecular weight excluding hydrogens is 146 g/mol. The van der Waals surface area contributed by atoms with Gasteiger partial charge in [-0.25, -0.2) is 0 Å². The van der Waals surface area contributed by atoms with Crippen molar-refractivity contribution in [2.45, 2.75) is 33.6 Å². The van der Waals surface area contributed by atoms with Gasteiger partial charge in [0.2, 0.25) is 0 Å². The number of benzene rings is 1. The second-order valence-electron chi connectivity index (χ2n) is 3.12.